The largest absolute Gasteiger partial charge is 0.494 e. The lowest BCUT2D eigenvalue weighted by Gasteiger charge is -2.34. The van der Waals surface area contributed by atoms with Crippen LogP contribution < -0.4 is 4.74 Å². The minimum absolute atomic E-state index is 0.0184. The molecule has 4 nitrogen and oxygen atoms in total. The number of fused-ring (bicyclic) bond motifs is 1. The van der Waals surface area contributed by atoms with Crippen molar-refractivity contribution < 1.29 is 18.7 Å². The molecule has 21 heavy (non-hydrogen) atoms. The first kappa shape index (κ1) is 14.5. The van der Waals surface area contributed by atoms with Crippen molar-refractivity contribution in [3.63, 3.8) is 0 Å². The fourth-order valence-electron chi connectivity index (χ4n) is 3.15. The van der Waals surface area contributed by atoms with Gasteiger partial charge in [-0.1, -0.05) is 6.07 Å². The van der Waals surface area contributed by atoms with Gasteiger partial charge in [-0.3, -0.25) is 9.69 Å². The van der Waals surface area contributed by atoms with E-state index >= 15 is 0 Å². The molecule has 114 valence electrons. The van der Waals surface area contributed by atoms with Crippen LogP contribution in [0.4, 0.5) is 4.39 Å². The number of hydrogen-bond acceptors (Lipinski definition) is 4. The number of hydrogen-bond donors (Lipinski definition) is 0. The molecule has 0 spiro atoms. The van der Waals surface area contributed by atoms with Crippen molar-refractivity contribution in [1.29, 1.82) is 0 Å². The number of rotatable bonds is 4. The van der Waals surface area contributed by atoms with Gasteiger partial charge in [-0.05, 0) is 37.1 Å². The second kappa shape index (κ2) is 6.12. The van der Waals surface area contributed by atoms with E-state index in [9.17, 15) is 9.18 Å². The first-order valence-electron chi connectivity index (χ1n) is 7.38. The Hall–Kier alpha value is -1.46. The van der Waals surface area contributed by atoms with Gasteiger partial charge in [0.1, 0.15) is 6.10 Å². The summed E-state index contributed by atoms with van der Waals surface area (Å²) in [6, 6.07) is 5.11. The Morgan fingerprint density at radius 1 is 1.52 bits per heavy atom. The molecule has 0 bridgehead atoms. The molecule has 0 amide bonds. The highest BCUT2D eigenvalue weighted by Crippen LogP contribution is 2.24. The Balaban J connectivity index is 1.62. The van der Waals surface area contributed by atoms with E-state index in [0.29, 0.717) is 24.8 Å². The zero-order chi connectivity index (χ0) is 14.8. The van der Waals surface area contributed by atoms with Crippen LogP contribution in [-0.2, 0) is 16.0 Å². The number of carbonyl (C=O) groups is 1. The zero-order valence-corrected chi connectivity index (χ0v) is 12.2. The van der Waals surface area contributed by atoms with Crippen LogP contribution in [0.25, 0.3) is 0 Å². The molecule has 2 atom stereocenters. The van der Waals surface area contributed by atoms with Crippen LogP contribution in [0.5, 0.6) is 5.75 Å². The molecule has 0 aromatic heterocycles. The molecular weight excluding hydrogens is 273 g/mol. The lowest BCUT2D eigenvalue weighted by molar-refractivity contribution is -0.137. The van der Waals surface area contributed by atoms with Crippen LogP contribution in [0.1, 0.15) is 18.4 Å². The lowest BCUT2D eigenvalue weighted by Crippen LogP contribution is -2.49. The summed E-state index contributed by atoms with van der Waals surface area (Å²) in [5.41, 5.74) is 0.658. The molecule has 0 saturated carbocycles. The molecule has 0 aliphatic carbocycles. The highest BCUT2D eigenvalue weighted by Gasteiger charge is 2.35. The number of ketones is 1. The Morgan fingerprint density at radius 3 is 3.14 bits per heavy atom. The third-order valence-electron chi connectivity index (χ3n) is 4.34. The molecule has 1 aromatic rings. The molecule has 2 unspecified atom stereocenters. The van der Waals surface area contributed by atoms with Gasteiger partial charge in [0.25, 0.3) is 0 Å². The number of carbonyl (C=O) groups excluding carboxylic acids is 1. The third kappa shape index (κ3) is 3.09. The highest BCUT2D eigenvalue weighted by molar-refractivity contribution is 5.85. The van der Waals surface area contributed by atoms with Crippen molar-refractivity contribution in [2.75, 3.05) is 26.8 Å². The first-order valence-corrected chi connectivity index (χ1v) is 7.38. The summed E-state index contributed by atoms with van der Waals surface area (Å²) in [7, 11) is 1.42. The Labute approximate surface area is 123 Å². The first-order chi connectivity index (χ1) is 10.2. The SMILES string of the molecule is COc1ccc(CC(=O)C2CN3CCCC3CO2)cc1F. The van der Waals surface area contributed by atoms with Crippen LogP contribution in [-0.4, -0.2) is 49.6 Å². The fraction of sp³-hybridized carbons (Fsp3) is 0.562. The van der Waals surface area contributed by atoms with Gasteiger partial charge in [0.2, 0.25) is 0 Å². The Bertz CT molecular complexity index is 534. The van der Waals surface area contributed by atoms with Gasteiger partial charge in [0.15, 0.2) is 17.3 Å². The molecule has 0 radical (unpaired) electrons. The van der Waals surface area contributed by atoms with Gasteiger partial charge in [0, 0.05) is 19.0 Å². The minimum Gasteiger partial charge on any atom is -0.494 e. The Kier molecular flexibility index (Phi) is 4.22. The van der Waals surface area contributed by atoms with E-state index in [1.165, 1.54) is 19.6 Å². The number of nitrogens with zero attached hydrogens (tertiary/aromatic N) is 1. The quantitative estimate of drug-likeness (QED) is 0.848. The van der Waals surface area contributed by atoms with E-state index in [4.69, 9.17) is 9.47 Å². The van der Waals surface area contributed by atoms with Gasteiger partial charge in [-0.25, -0.2) is 4.39 Å². The topological polar surface area (TPSA) is 38.8 Å². The second-order valence-corrected chi connectivity index (χ2v) is 5.72. The van der Waals surface area contributed by atoms with Gasteiger partial charge < -0.3 is 9.47 Å². The van der Waals surface area contributed by atoms with Crippen molar-refractivity contribution in [2.45, 2.75) is 31.4 Å². The van der Waals surface area contributed by atoms with Crippen molar-refractivity contribution in [1.82, 2.24) is 4.90 Å². The van der Waals surface area contributed by atoms with E-state index in [2.05, 4.69) is 4.90 Å². The zero-order valence-electron chi connectivity index (χ0n) is 12.2. The van der Waals surface area contributed by atoms with Crippen LogP contribution >= 0.6 is 0 Å². The lowest BCUT2D eigenvalue weighted by atomic mass is 10.0. The van der Waals surface area contributed by atoms with Crippen molar-refractivity contribution in [3.05, 3.63) is 29.6 Å². The summed E-state index contributed by atoms with van der Waals surface area (Å²) < 4.78 is 24.2. The summed E-state index contributed by atoms with van der Waals surface area (Å²) in [6.45, 7) is 2.35. The van der Waals surface area contributed by atoms with Crippen LogP contribution in [0, 0.1) is 5.82 Å². The number of ether oxygens (including phenoxy) is 2. The number of benzene rings is 1. The molecule has 2 aliphatic heterocycles. The van der Waals surface area contributed by atoms with Crippen molar-refractivity contribution >= 4 is 5.78 Å². The van der Waals surface area contributed by atoms with E-state index in [1.54, 1.807) is 12.1 Å². The maximum absolute atomic E-state index is 13.6. The van der Waals surface area contributed by atoms with E-state index < -0.39 is 5.82 Å². The minimum atomic E-state index is -0.438. The fourth-order valence-corrected chi connectivity index (χ4v) is 3.15. The van der Waals surface area contributed by atoms with Gasteiger partial charge in [0.05, 0.1) is 13.7 Å². The van der Waals surface area contributed by atoms with Gasteiger partial charge >= 0.3 is 0 Å². The molecule has 1 aromatic carbocycles. The standard InChI is InChI=1S/C16H20FNO3/c1-20-15-5-4-11(7-13(15)17)8-14(19)16-9-18-6-2-3-12(18)10-21-16/h4-5,7,12,16H,2-3,6,8-10H2,1H3. The molecule has 3 rings (SSSR count). The summed E-state index contributed by atoms with van der Waals surface area (Å²) >= 11 is 0. The van der Waals surface area contributed by atoms with E-state index in [-0.39, 0.29) is 24.1 Å². The van der Waals surface area contributed by atoms with Gasteiger partial charge in [-0.2, -0.15) is 0 Å². The molecule has 0 N–H and O–H groups in total. The second-order valence-electron chi connectivity index (χ2n) is 5.72. The monoisotopic (exact) mass is 293 g/mol. The van der Waals surface area contributed by atoms with E-state index in [1.807, 2.05) is 0 Å². The molecule has 2 saturated heterocycles. The van der Waals surface area contributed by atoms with Crippen molar-refractivity contribution in [3.8, 4) is 5.75 Å². The van der Waals surface area contributed by atoms with Crippen LogP contribution in [0.15, 0.2) is 18.2 Å². The molecular formula is C16H20FNO3. The average molecular weight is 293 g/mol. The average Bonchev–Trinajstić information content (AvgIpc) is 2.94. The maximum atomic E-state index is 13.6. The predicted molar refractivity (Wildman–Crippen MR) is 76.0 cm³/mol. The number of morpholine rings is 1. The molecule has 2 heterocycles. The molecule has 2 aliphatic rings. The number of Topliss-reactive ketones (excluding diaryl/α,β-unsaturated/α-hetero) is 1. The normalized spacial score (nSPS) is 25.6. The Morgan fingerprint density at radius 2 is 2.38 bits per heavy atom. The van der Waals surface area contributed by atoms with Crippen LogP contribution in [0.2, 0.25) is 0 Å². The number of methoxy groups -OCH3 is 1. The smallest absolute Gasteiger partial charge is 0.167 e. The molecule has 5 heteroatoms. The van der Waals surface area contributed by atoms with E-state index in [0.717, 1.165) is 13.0 Å². The van der Waals surface area contributed by atoms with Crippen molar-refractivity contribution in [2.24, 2.45) is 0 Å². The summed E-state index contributed by atoms with van der Waals surface area (Å²) in [5.74, 6) is -0.225. The molecule has 2 fully saturated rings. The summed E-state index contributed by atoms with van der Waals surface area (Å²) in [4.78, 5) is 14.7. The van der Waals surface area contributed by atoms with Crippen LogP contribution in [0.3, 0.4) is 0 Å². The predicted octanol–water partition coefficient (Wildman–Crippen LogP) is 1.81. The highest BCUT2D eigenvalue weighted by atomic mass is 19.1. The summed E-state index contributed by atoms with van der Waals surface area (Å²) in [5, 5.41) is 0. The van der Waals surface area contributed by atoms with Gasteiger partial charge in [-0.15, -0.1) is 0 Å². The number of halogens is 1. The maximum Gasteiger partial charge on any atom is 0.167 e. The summed E-state index contributed by atoms with van der Waals surface area (Å²) in [6.07, 6.45) is 2.15. The third-order valence-corrected chi connectivity index (χ3v) is 4.34.